The lowest BCUT2D eigenvalue weighted by Gasteiger charge is -2.23. The van der Waals surface area contributed by atoms with Crippen LogP contribution in [0.5, 0.6) is 0 Å². The zero-order valence-corrected chi connectivity index (χ0v) is 18.9. The Bertz CT molecular complexity index is 1240. The molecular weight excluding hydrogens is 425 g/mol. The number of nitrogens with zero attached hydrogens (tertiary/aromatic N) is 2. The number of pyridine rings is 1. The number of halogens is 1. The molecule has 0 unspecified atom stereocenters. The monoisotopic (exact) mass is 451 g/mol. The first-order chi connectivity index (χ1) is 16.6. The summed E-state index contributed by atoms with van der Waals surface area (Å²) < 4.78 is 13.4. The Morgan fingerprint density at radius 3 is 2.35 bits per heavy atom. The van der Waals surface area contributed by atoms with E-state index in [4.69, 9.17) is 0 Å². The summed E-state index contributed by atoms with van der Waals surface area (Å²) in [5, 5.41) is 3.40. The van der Waals surface area contributed by atoms with Gasteiger partial charge in [0, 0.05) is 30.1 Å². The van der Waals surface area contributed by atoms with E-state index in [2.05, 4.69) is 29.4 Å². The predicted octanol–water partition coefficient (Wildman–Crippen LogP) is 6.64. The molecule has 0 fully saturated rings. The fourth-order valence-corrected chi connectivity index (χ4v) is 3.60. The summed E-state index contributed by atoms with van der Waals surface area (Å²) in [6.45, 7) is 2.36. The van der Waals surface area contributed by atoms with Crippen LogP contribution in [0.3, 0.4) is 0 Å². The van der Waals surface area contributed by atoms with Crippen molar-refractivity contribution in [2.75, 3.05) is 10.2 Å². The number of hydrogen-bond donors (Lipinski definition) is 1. The number of amides is 1. The molecule has 1 amide bonds. The normalized spacial score (nSPS) is 11.8. The van der Waals surface area contributed by atoms with Crippen LogP contribution in [0.1, 0.15) is 29.7 Å². The van der Waals surface area contributed by atoms with Crippen molar-refractivity contribution >= 4 is 23.5 Å². The minimum atomic E-state index is -0.309. The third-order valence-electron chi connectivity index (χ3n) is 5.46. The summed E-state index contributed by atoms with van der Waals surface area (Å²) in [5.74, 6) is 0.176. The predicted molar refractivity (Wildman–Crippen MR) is 136 cm³/mol. The summed E-state index contributed by atoms with van der Waals surface area (Å²) in [6, 6.07) is 29.6. The standard InChI is InChI=1S/C29H26FN3O/c1-22(25-10-6-3-7-11-25)32-28-20-27(18-19-31-28)33(21-24-12-15-26(30)16-13-24)29(34)17-14-23-8-4-2-5-9-23/h2-20,22H,21H2,1H3,(H,31,32)/t22-/m0/s1. The zero-order valence-electron chi connectivity index (χ0n) is 18.9. The van der Waals surface area contributed by atoms with Crippen LogP contribution in [-0.4, -0.2) is 10.9 Å². The Morgan fingerprint density at radius 2 is 1.65 bits per heavy atom. The number of nitrogens with one attached hydrogen (secondary N) is 1. The van der Waals surface area contributed by atoms with Gasteiger partial charge in [-0.1, -0.05) is 72.8 Å². The summed E-state index contributed by atoms with van der Waals surface area (Å²) in [6.07, 6.45) is 5.03. The highest BCUT2D eigenvalue weighted by Gasteiger charge is 2.16. The second kappa shape index (κ2) is 11.1. The molecule has 0 bridgehead atoms. The minimum absolute atomic E-state index is 0.0446. The lowest BCUT2D eigenvalue weighted by molar-refractivity contribution is -0.114. The number of carbonyl (C=O) groups is 1. The SMILES string of the molecule is C[C@H](Nc1cc(N(Cc2ccc(F)cc2)C(=O)C=Cc2ccccc2)ccn1)c1ccccc1. The third-order valence-corrected chi connectivity index (χ3v) is 5.46. The molecule has 0 saturated heterocycles. The Balaban J connectivity index is 1.59. The Morgan fingerprint density at radius 1 is 0.971 bits per heavy atom. The number of carbonyl (C=O) groups excluding carboxylic acids is 1. The number of aromatic nitrogens is 1. The van der Waals surface area contributed by atoms with Crippen molar-refractivity contribution in [3.8, 4) is 0 Å². The lowest BCUT2D eigenvalue weighted by Crippen LogP contribution is -2.29. The van der Waals surface area contributed by atoms with E-state index in [1.165, 1.54) is 12.1 Å². The van der Waals surface area contributed by atoms with Gasteiger partial charge in [0.15, 0.2) is 0 Å². The van der Waals surface area contributed by atoms with Crippen molar-refractivity contribution in [2.24, 2.45) is 0 Å². The van der Waals surface area contributed by atoms with Crippen LogP contribution < -0.4 is 10.2 Å². The van der Waals surface area contributed by atoms with Crippen LogP contribution in [0.15, 0.2) is 109 Å². The van der Waals surface area contributed by atoms with Crippen LogP contribution in [-0.2, 0) is 11.3 Å². The molecule has 5 heteroatoms. The number of rotatable bonds is 8. The van der Waals surface area contributed by atoms with Gasteiger partial charge in [0.2, 0.25) is 0 Å². The number of hydrogen-bond acceptors (Lipinski definition) is 3. The van der Waals surface area contributed by atoms with Gasteiger partial charge in [-0.2, -0.15) is 0 Å². The molecular formula is C29H26FN3O. The molecule has 0 aliphatic rings. The van der Waals surface area contributed by atoms with Crippen LogP contribution in [0.4, 0.5) is 15.9 Å². The van der Waals surface area contributed by atoms with E-state index in [0.717, 1.165) is 16.7 Å². The number of benzene rings is 3. The van der Waals surface area contributed by atoms with Gasteiger partial charge in [-0.05, 0) is 47.9 Å². The lowest BCUT2D eigenvalue weighted by atomic mass is 10.1. The summed E-state index contributed by atoms with van der Waals surface area (Å²) >= 11 is 0. The average Bonchev–Trinajstić information content (AvgIpc) is 2.88. The van der Waals surface area contributed by atoms with Gasteiger partial charge >= 0.3 is 0 Å². The molecule has 0 aliphatic carbocycles. The molecule has 170 valence electrons. The van der Waals surface area contributed by atoms with E-state index in [-0.39, 0.29) is 17.8 Å². The van der Waals surface area contributed by atoms with Gasteiger partial charge in [0.1, 0.15) is 11.6 Å². The molecule has 4 rings (SSSR count). The Hall–Kier alpha value is -4.25. The second-order valence-electron chi connectivity index (χ2n) is 7.97. The van der Waals surface area contributed by atoms with Crippen molar-refractivity contribution in [3.05, 3.63) is 132 Å². The second-order valence-corrected chi connectivity index (χ2v) is 7.97. The Kier molecular flexibility index (Phi) is 7.45. The molecule has 3 aromatic carbocycles. The van der Waals surface area contributed by atoms with E-state index < -0.39 is 0 Å². The molecule has 0 saturated carbocycles. The summed E-state index contributed by atoms with van der Waals surface area (Å²) in [4.78, 5) is 19.4. The van der Waals surface area contributed by atoms with Crippen molar-refractivity contribution < 1.29 is 9.18 Å². The average molecular weight is 452 g/mol. The van der Waals surface area contributed by atoms with Crippen LogP contribution >= 0.6 is 0 Å². The molecule has 1 N–H and O–H groups in total. The highest BCUT2D eigenvalue weighted by Crippen LogP contribution is 2.24. The molecule has 4 aromatic rings. The topological polar surface area (TPSA) is 45.2 Å². The molecule has 0 spiro atoms. The van der Waals surface area contributed by atoms with Gasteiger partial charge in [0.25, 0.3) is 5.91 Å². The first-order valence-electron chi connectivity index (χ1n) is 11.1. The van der Waals surface area contributed by atoms with Gasteiger partial charge in [-0.25, -0.2) is 9.37 Å². The van der Waals surface area contributed by atoms with Gasteiger partial charge in [-0.3, -0.25) is 4.79 Å². The molecule has 0 radical (unpaired) electrons. The first-order valence-corrected chi connectivity index (χ1v) is 11.1. The van der Waals surface area contributed by atoms with Gasteiger partial charge < -0.3 is 10.2 Å². The maximum atomic E-state index is 13.4. The van der Waals surface area contributed by atoms with Crippen molar-refractivity contribution in [1.82, 2.24) is 4.98 Å². The molecule has 34 heavy (non-hydrogen) atoms. The van der Waals surface area contributed by atoms with E-state index in [1.54, 1.807) is 41.4 Å². The molecule has 1 heterocycles. The van der Waals surface area contributed by atoms with E-state index in [0.29, 0.717) is 18.1 Å². The van der Waals surface area contributed by atoms with Crippen molar-refractivity contribution in [2.45, 2.75) is 19.5 Å². The summed E-state index contributed by atoms with van der Waals surface area (Å²) in [7, 11) is 0. The maximum absolute atomic E-state index is 13.4. The van der Waals surface area contributed by atoms with Gasteiger partial charge in [0.05, 0.1) is 6.54 Å². The maximum Gasteiger partial charge on any atom is 0.251 e. The summed E-state index contributed by atoms with van der Waals surface area (Å²) in [5.41, 5.74) is 3.60. The van der Waals surface area contributed by atoms with Crippen LogP contribution in [0, 0.1) is 5.82 Å². The van der Waals surface area contributed by atoms with Crippen molar-refractivity contribution in [3.63, 3.8) is 0 Å². The molecule has 1 atom stereocenters. The largest absolute Gasteiger partial charge is 0.363 e. The first kappa shape index (κ1) is 22.9. The van der Waals surface area contributed by atoms with Gasteiger partial charge in [-0.15, -0.1) is 0 Å². The highest BCUT2D eigenvalue weighted by atomic mass is 19.1. The van der Waals surface area contributed by atoms with E-state index >= 15 is 0 Å². The fourth-order valence-electron chi connectivity index (χ4n) is 3.60. The van der Waals surface area contributed by atoms with E-state index in [9.17, 15) is 9.18 Å². The van der Waals surface area contributed by atoms with Crippen molar-refractivity contribution in [1.29, 1.82) is 0 Å². The molecule has 0 aliphatic heterocycles. The highest BCUT2D eigenvalue weighted by molar-refractivity contribution is 6.03. The molecule has 4 nitrogen and oxygen atoms in total. The zero-order chi connectivity index (χ0) is 23.8. The smallest absolute Gasteiger partial charge is 0.251 e. The number of anilines is 2. The van der Waals surface area contributed by atoms with Crippen LogP contribution in [0.2, 0.25) is 0 Å². The fraction of sp³-hybridized carbons (Fsp3) is 0.103. The van der Waals surface area contributed by atoms with E-state index in [1.807, 2.05) is 54.6 Å². The third kappa shape index (κ3) is 6.17. The Labute approximate surface area is 199 Å². The van der Waals surface area contributed by atoms with Crippen LogP contribution in [0.25, 0.3) is 6.08 Å². The minimum Gasteiger partial charge on any atom is -0.363 e. The molecule has 1 aromatic heterocycles. The quantitative estimate of drug-likeness (QED) is 0.305.